The van der Waals surface area contributed by atoms with E-state index in [-0.39, 0.29) is 5.54 Å². The highest BCUT2D eigenvalue weighted by atomic mass is 14.7. The molecular formula is C8H13N. The highest BCUT2D eigenvalue weighted by Gasteiger charge is 2.17. The van der Waals surface area contributed by atoms with Gasteiger partial charge >= 0.3 is 0 Å². The summed E-state index contributed by atoms with van der Waals surface area (Å²) in [5.41, 5.74) is 5.87. The molecule has 1 heteroatoms. The van der Waals surface area contributed by atoms with Crippen molar-refractivity contribution in [3.63, 3.8) is 0 Å². The van der Waals surface area contributed by atoms with Crippen LogP contribution in [0.25, 0.3) is 0 Å². The molecule has 1 rings (SSSR count). The first-order chi connectivity index (χ1) is 4.27. The second-order valence-electron chi connectivity index (χ2n) is 2.58. The summed E-state index contributed by atoms with van der Waals surface area (Å²) in [6.07, 6.45) is 10.3. The smallest absolute Gasteiger partial charge is 0.0374 e. The average molecular weight is 123 g/mol. The molecule has 1 nitrogen and oxygen atoms in total. The molecule has 9 heavy (non-hydrogen) atoms. The van der Waals surface area contributed by atoms with Crippen LogP contribution in [0, 0.1) is 0 Å². The summed E-state index contributed by atoms with van der Waals surface area (Å²) >= 11 is 0. The van der Waals surface area contributed by atoms with Crippen molar-refractivity contribution in [2.75, 3.05) is 0 Å². The van der Waals surface area contributed by atoms with Crippen molar-refractivity contribution in [1.82, 2.24) is 0 Å². The van der Waals surface area contributed by atoms with E-state index in [0.29, 0.717) is 0 Å². The Hall–Kier alpha value is -0.560. The zero-order chi connectivity index (χ0) is 6.74. The van der Waals surface area contributed by atoms with Crippen LogP contribution in [0.4, 0.5) is 0 Å². The summed E-state index contributed by atoms with van der Waals surface area (Å²) in [4.78, 5) is 0. The van der Waals surface area contributed by atoms with Crippen LogP contribution < -0.4 is 5.73 Å². The van der Waals surface area contributed by atoms with Crippen LogP contribution in [-0.2, 0) is 0 Å². The van der Waals surface area contributed by atoms with Crippen LogP contribution >= 0.6 is 0 Å². The van der Waals surface area contributed by atoms with Crippen molar-refractivity contribution in [2.45, 2.75) is 25.3 Å². The monoisotopic (exact) mass is 123 g/mol. The number of nitrogens with two attached hydrogens (primary N) is 1. The molecule has 1 aliphatic rings. The summed E-state index contributed by atoms with van der Waals surface area (Å²) in [5.74, 6) is 0. The van der Waals surface area contributed by atoms with E-state index in [4.69, 9.17) is 5.73 Å². The van der Waals surface area contributed by atoms with Gasteiger partial charge in [0, 0.05) is 5.54 Å². The van der Waals surface area contributed by atoms with E-state index in [0.717, 1.165) is 12.8 Å². The molecule has 0 aromatic heterocycles. The van der Waals surface area contributed by atoms with Crippen LogP contribution in [0.2, 0.25) is 0 Å². The quantitative estimate of drug-likeness (QED) is 0.563. The van der Waals surface area contributed by atoms with Gasteiger partial charge in [-0.15, -0.1) is 0 Å². The van der Waals surface area contributed by atoms with Crippen molar-refractivity contribution in [3.8, 4) is 0 Å². The zero-order valence-electron chi connectivity index (χ0n) is 5.80. The number of allylic oxidation sites excluding steroid dienone is 2. The summed E-state index contributed by atoms with van der Waals surface area (Å²) < 4.78 is 0. The highest BCUT2D eigenvalue weighted by Crippen LogP contribution is 2.17. The molecule has 2 N–H and O–H groups in total. The minimum Gasteiger partial charge on any atom is -0.322 e. The molecule has 0 saturated heterocycles. The summed E-state index contributed by atoms with van der Waals surface area (Å²) in [7, 11) is 0. The van der Waals surface area contributed by atoms with Gasteiger partial charge in [-0.1, -0.05) is 31.2 Å². The maximum absolute atomic E-state index is 5.92. The Bertz CT molecular complexity index is 147. The van der Waals surface area contributed by atoms with Crippen molar-refractivity contribution in [2.24, 2.45) is 5.73 Å². The molecule has 0 spiro atoms. The van der Waals surface area contributed by atoms with E-state index < -0.39 is 0 Å². The Morgan fingerprint density at radius 1 is 1.56 bits per heavy atom. The molecule has 0 amide bonds. The number of rotatable bonds is 1. The SMILES string of the molecule is CCC1(N)C=CC=CC1. The van der Waals surface area contributed by atoms with E-state index in [1.807, 2.05) is 12.2 Å². The molecule has 50 valence electrons. The molecule has 1 unspecified atom stereocenters. The second kappa shape index (κ2) is 2.36. The van der Waals surface area contributed by atoms with E-state index in [1.165, 1.54) is 0 Å². The minimum atomic E-state index is -0.0469. The molecule has 0 fully saturated rings. The summed E-state index contributed by atoms with van der Waals surface area (Å²) in [5, 5.41) is 0. The van der Waals surface area contributed by atoms with Gasteiger partial charge < -0.3 is 5.73 Å². The van der Waals surface area contributed by atoms with Gasteiger partial charge in [-0.25, -0.2) is 0 Å². The predicted octanol–water partition coefficient (Wildman–Crippen LogP) is 1.61. The van der Waals surface area contributed by atoms with Crippen molar-refractivity contribution in [3.05, 3.63) is 24.3 Å². The Morgan fingerprint density at radius 2 is 2.33 bits per heavy atom. The van der Waals surface area contributed by atoms with Crippen LogP contribution in [0.15, 0.2) is 24.3 Å². The molecule has 1 atom stereocenters. The lowest BCUT2D eigenvalue weighted by Crippen LogP contribution is -2.36. The lowest BCUT2D eigenvalue weighted by Gasteiger charge is -2.23. The highest BCUT2D eigenvalue weighted by molar-refractivity contribution is 5.19. The summed E-state index contributed by atoms with van der Waals surface area (Å²) in [6.45, 7) is 2.11. The summed E-state index contributed by atoms with van der Waals surface area (Å²) in [6, 6.07) is 0. The van der Waals surface area contributed by atoms with Gasteiger partial charge in [-0.05, 0) is 12.8 Å². The molecule has 0 heterocycles. The molecule has 0 radical (unpaired) electrons. The maximum atomic E-state index is 5.92. The molecule has 0 aromatic rings. The average Bonchev–Trinajstić information content (AvgIpc) is 1.90. The Kier molecular flexibility index (Phi) is 1.72. The van der Waals surface area contributed by atoms with Gasteiger partial charge in [0.05, 0.1) is 0 Å². The van der Waals surface area contributed by atoms with Crippen molar-refractivity contribution in [1.29, 1.82) is 0 Å². The lowest BCUT2D eigenvalue weighted by molar-refractivity contribution is 0.513. The van der Waals surface area contributed by atoms with Gasteiger partial charge in [0.15, 0.2) is 0 Å². The predicted molar refractivity (Wildman–Crippen MR) is 40.1 cm³/mol. The molecule has 0 aromatic carbocycles. The van der Waals surface area contributed by atoms with Gasteiger partial charge in [0.2, 0.25) is 0 Å². The van der Waals surface area contributed by atoms with Gasteiger partial charge in [0.1, 0.15) is 0 Å². The fourth-order valence-corrected chi connectivity index (χ4v) is 0.943. The fourth-order valence-electron chi connectivity index (χ4n) is 0.943. The van der Waals surface area contributed by atoms with Crippen LogP contribution in [-0.4, -0.2) is 5.54 Å². The number of hydrogen-bond acceptors (Lipinski definition) is 1. The first kappa shape index (κ1) is 6.56. The first-order valence-electron chi connectivity index (χ1n) is 3.40. The molecule has 0 aliphatic heterocycles. The van der Waals surface area contributed by atoms with Gasteiger partial charge in [0.25, 0.3) is 0 Å². The van der Waals surface area contributed by atoms with E-state index in [1.54, 1.807) is 0 Å². The van der Waals surface area contributed by atoms with Gasteiger partial charge in [-0.2, -0.15) is 0 Å². The Morgan fingerprint density at radius 3 is 2.67 bits per heavy atom. The third-order valence-corrected chi connectivity index (χ3v) is 1.83. The van der Waals surface area contributed by atoms with Crippen LogP contribution in [0.1, 0.15) is 19.8 Å². The Labute approximate surface area is 56.2 Å². The third-order valence-electron chi connectivity index (χ3n) is 1.83. The molecular weight excluding hydrogens is 110 g/mol. The normalized spacial score (nSPS) is 33.1. The first-order valence-corrected chi connectivity index (χ1v) is 3.40. The molecule has 0 bridgehead atoms. The standard InChI is InChI=1S/C8H13N/c1-2-8(9)6-4-3-5-7-8/h3-6H,2,7,9H2,1H3. The van der Waals surface area contributed by atoms with Crippen molar-refractivity contribution < 1.29 is 0 Å². The van der Waals surface area contributed by atoms with Crippen LogP contribution in [0.3, 0.4) is 0 Å². The number of hydrogen-bond donors (Lipinski definition) is 1. The second-order valence-corrected chi connectivity index (χ2v) is 2.58. The topological polar surface area (TPSA) is 26.0 Å². The fraction of sp³-hybridized carbons (Fsp3) is 0.500. The van der Waals surface area contributed by atoms with E-state index in [9.17, 15) is 0 Å². The van der Waals surface area contributed by atoms with E-state index in [2.05, 4.69) is 19.1 Å². The zero-order valence-corrected chi connectivity index (χ0v) is 5.80. The van der Waals surface area contributed by atoms with E-state index >= 15 is 0 Å². The minimum absolute atomic E-state index is 0.0469. The molecule has 1 aliphatic carbocycles. The van der Waals surface area contributed by atoms with Crippen molar-refractivity contribution >= 4 is 0 Å². The molecule has 0 saturated carbocycles. The maximum Gasteiger partial charge on any atom is 0.0374 e. The lowest BCUT2D eigenvalue weighted by atomic mass is 9.90. The van der Waals surface area contributed by atoms with Crippen LogP contribution in [0.5, 0.6) is 0 Å². The third kappa shape index (κ3) is 1.42. The Balaban J connectivity index is 2.63. The van der Waals surface area contributed by atoms with Gasteiger partial charge in [-0.3, -0.25) is 0 Å². The largest absolute Gasteiger partial charge is 0.322 e.